The van der Waals surface area contributed by atoms with E-state index in [9.17, 15) is 0 Å². The Balaban J connectivity index is 1.89. The molecule has 3 rings (SSSR count). The van der Waals surface area contributed by atoms with Crippen molar-refractivity contribution >= 4 is 11.3 Å². The Labute approximate surface area is 117 Å². The van der Waals surface area contributed by atoms with Gasteiger partial charge in [0.1, 0.15) is 10.7 Å². The summed E-state index contributed by atoms with van der Waals surface area (Å²) in [7, 11) is 0. The van der Waals surface area contributed by atoms with Gasteiger partial charge in [-0.1, -0.05) is 6.92 Å². The molecule has 1 aliphatic carbocycles. The summed E-state index contributed by atoms with van der Waals surface area (Å²) in [4.78, 5) is 14.7. The Morgan fingerprint density at radius 3 is 3.16 bits per heavy atom. The molecule has 0 amide bonds. The highest BCUT2D eigenvalue weighted by molar-refractivity contribution is 7.15. The molecule has 5 heteroatoms. The van der Waals surface area contributed by atoms with Crippen molar-refractivity contribution in [3.05, 3.63) is 29.2 Å². The molecule has 2 aromatic heterocycles. The molecule has 100 valence electrons. The smallest absolute Gasteiger partial charge is 0.144 e. The largest absolute Gasteiger partial charge is 0.309 e. The summed E-state index contributed by atoms with van der Waals surface area (Å²) in [6.45, 7) is 3.25. The fourth-order valence-electron chi connectivity index (χ4n) is 2.45. The van der Waals surface area contributed by atoms with Gasteiger partial charge in [0, 0.05) is 17.3 Å². The first kappa shape index (κ1) is 12.7. The van der Waals surface area contributed by atoms with Crippen LogP contribution >= 0.6 is 11.3 Å². The number of nitrogens with one attached hydrogen (secondary N) is 1. The minimum Gasteiger partial charge on any atom is -0.309 e. The number of hydrogen-bond donors (Lipinski definition) is 1. The second-order valence-electron chi connectivity index (χ2n) is 4.82. The Kier molecular flexibility index (Phi) is 3.84. The van der Waals surface area contributed by atoms with Crippen molar-refractivity contribution in [1.29, 1.82) is 0 Å². The van der Waals surface area contributed by atoms with Crippen LogP contribution in [0.4, 0.5) is 0 Å². The molecule has 0 bridgehead atoms. The van der Waals surface area contributed by atoms with Crippen molar-refractivity contribution in [2.24, 2.45) is 0 Å². The summed E-state index contributed by atoms with van der Waals surface area (Å²) in [5.41, 5.74) is 2.13. The first-order valence-electron chi connectivity index (χ1n) is 6.88. The molecule has 1 unspecified atom stereocenters. The fraction of sp³-hybridized carbons (Fsp3) is 0.500. The standard InChI is InChI=1S/C14H18N4S/c1-2-6-16-10-4-3-5-12-13(10)18-14(19-12)11-9-15-7-8-17-11/h7-10,16H,2-6H2,1H3. The third-order valence-electron chi connectivity index (χ3n) is 3.38. The lowest BCUT2D eigenvalue weighted by molar-refractivity contribution is 0.454. The van der Waals surface area contributed by atoms with Gasteiger partial charge in [-0.3, -0.25) is 9.97 Å². The van der Waals surface area contributed by atoms with E-state index in [2.05, 4.69) is 22.2 Å². The molecule has 1 N–H and O–H groups in total. The van der Waals surface area contributed by atoms with E-state index in [-0.39, 0.29) is 0 Å². The lowest BCUT2D eigenvalue weighted by Crippen LogP contribution is -2.25. The Hall–Kier alpha value is -1.33. The van der Waals surface area contributed by atoms with E-state index in [1.807, 2.05) is 0 Å². The summed E-state index contributed by atoms with van der Waals surface area (Å²) in [5.74, 6) is 0. The van der Waals surface area contributed by atoms with E-state index in [4.69, 9.17) is 4.98 Å². The lowest BCUT2D eigenvalue weighted by Gasteiger charge is -2.22. The average molecular weight is 274 g/mol. The first-order chi connectivity index (χ1) is 9.38. The van der Waals surface area contributed by atoms with Crippen molar-refractivity contribution in [2.75, 3.05) is 6.54 Å². The summed E-state index contributed by atoms with van der Waals surface area (Å²) >= 11 is 1.77. The summed E-state index contributed by atoms with van der Waals surface area (Å²) < 4.78 is 0. The van der Waals surface area contributed by atoms with E-state index in [0.29, 0.717) is 6.04 Å². The molecule has 0 fully saturated rings. The molecule has 19 heavy (non-hydrogen) atoms. The highest BCUT2D eigenvalue weighted by Crippen LogP contribution is 2.36. The molecule has 0 saturated heterocycles. The van der Waals surface area contributed by atoms with Crippen LogP contribution in [0.2, 0.25) is 0 Å². The maximum Gasteiger partial charge on any atom is 0.144 e. The summed E-state index contributed by atoms with van der Waals surface area (Å²) in [6, 6.07) is 0.422. The predicted octanol–water partition coefficient (Wildman–Crippen LogP) is 2.98. The van der Waals surface area contributed by atoms with Crippen molar-refractivity contribution in [2.45, 2.75) is 38.6 Å². The van der Waals surface area contributed by atoms with Crippen LogP contribution in [-0.4, -0.2) is 21.5 Å². The van der Waals surface area contributed by atoms with Gasteiger partial charge in [-0.2, -0.15) is 0 Å². The third-order valence-corrected chi connectivity index (χ3v) is 4.53. The highest BCUT2D eigenvalue weighted by atomic mass is 32.1. The molecule has 0 radical (unpaired) electrons. The predicted molar refractivity (Wildman–Crippen MR) is 77.1 cm³/mol. The van der Waals surface area contributed by atoms with Gasteiger partial charge in [-0.25, -0.2) is 4.98 Å². The molecule has 0 spiro atoms. The van der Waals surface area contributed by atoms with Crippen LogP contribution in [0.5, 0.6) is 0 Å². The van der Waals surface area contributed by atoms with Crippen LogP contribution in [0.3, 0.4) is 0 Å². The van der Waals surface area contributed by atoms with E-state index in [1.165, 1.54) is 23.4 Å². The average Bonchev–Trinajstić information content (AvgIpc) is 2.90. The zero-order chi connectivity index (χ0) is 13.1. The first-order valence-corrected chi connectivity index (χ1v) is 7.69. The molecular weight excluding hydrogens is 256 g/mol. The molecule has 0 aromatic carbocycles. The molecule has 1 aliphatic rings. The van der Waals surface area contributed by atoms with E-state index in [1.54, 1.807) is 29.9 Å². The lowest BCUT2D eigenvalue weighted by atomic mass is 9.97. The zero-order valence-electron chi connectivity index (χ0n) is 11.1. The van der Waals surface area contributed by atoms with Crippen LogP contribution in [0.15, 0.2) is 18.6 Å². The SMILES string of the molecule is CCCNC1CCCc2sc(-c3cnccn3)nc21. The summed E-state index contributed by atoms with van der Waals surface area (Å²) in [6.07, 6.45) is 9.96. The van der Waals surface area contributed by atoms with Crippen LogP contribution in [0.25, 0.3) is 10.7 Å². The van der Waals surface area contributed by atoms with Crippen molar-refractivity contribution in [1.82, 2.24) is 20.3 Å². The number of nitrogens with zero attached hydrogens (tertiary/aromatic N) is 3. The van der Waals surface area contributed by atoms with Gasteiger partial charge in [0.25, 0.3) is 0 Å². The second kappa shape index (κ2) is 5.75. The van der Waals surface area contributed by atoms with Gasteiger partial charge >= 0.3 is 0 Å². The van der Waals surface area contributed by atoms with Crippen LogP contribution in [0.1, 0.15) is 42.8 Å². The van der Waals surface area contributed by atoms with Gasteiger partial charge in [0.2, 0.25) is 0 Å². The van der Waals surface area contributed by atoms with Crippen LogP contribution in [-0.2, 0) is 6.42 Å². The second-order valence-corrected chi connectivity index (χ2v) is 5.90. The number of aromatic nitrogens is 3. The molecule has 2 aromatic rings. The third kappa shape index (κ3) is 2.67. The normalized spacial score (nSPS) is 18.3. The molecule has 0 aliphatic heterocycles. The highest BCUT2D eigenvalue weighted by Gasteiger charge is 2.24. The maximum absolute atomic E-state index is 4.81. The molecule has 2 heterocycles. The van der Waals surface area contributed by atoms with Gasteiger partial charge < -0.3 is 5.32 Å². The molecule has 0 saturated carbocycles. The van der Waals surface area contributed by atoms with Gasteiger partial charge in [0.15, 0.2) is 0 Å². The van der Waals surface area contributed by atoms with E-state index in [0.717, 1.165) is 30.1 Å². The molecule has 4 nitrogen and oxygen atoms in total. The summed E-state index contributed by atoms with van der Waals surface area (Å²) in [5, 5.41) is 4.60. The Bertz CT molecular complexity index is 538. The Morgan fingerprint density at radius 2 is 2.37 bits per heavy atom. The molecule has 1 atom stereocenters. The number of hydrogen-bond acceptors (Lipinski definition) is 5. The number of fused-ring (bicyclic) bond motifs is 1. The number of thiazole rings is 1. The monoisotopic (exact) mass is 274 g/mol. The Morgan fingerprint density at radius 1 is 1.42 bits per heavy atom. The van der Waals surface area contributed by atoms with E-state index < -0.39 is 0 Å². The number of rotatable bonds is 4. The minimum absolute atomic E-state index is 0.422. The quantitative estimate of drug-likeness (QED) is 0.931. The minimum atomic E-state index is 0.422. The van der Waals surface area contributed by atoms with E-state index >= 15 is 0 Å². The topological polar surface area (TPSA) is 50.7 Å². The number of aryl methyl sites for hydroxylation is 1. The fourth-order valence-corrected chi connectivity index (χ4v) is 3.58. The van der Waals surface area contributed by atoms with Crippen molar-refractivity contribution in [3.63, 3.8) is 0 Å². The van der Waals surface area contributed by atoms with Gasteiger partial charge in [-0.15, -0.1) is 11.3 Å². The van der Waals surface area contributed by atoms with Crippen molar-refractivity contribution in [3.8, 4) is 10.7 Å². The van der Waals surface area contributed by atoms with Crippen LogP contribution < -0.4 is 5.32 Å². The van der Waals surface area contributed by atoms with Gasteiger partial charge in [-0.05, 0) is 32.2 Å². The van der Waals surface area contributed by atoms with Crippen LogP contribution in [0, 0.1) is 0 Å². The molecular formula is C14H18N4S. The zero-order valence-corrected chi connectivity index (χ0v) is 11.9. The maximum atomic E-state index is 4.81. The van der Waals surface area contributed by atoms with Gasteiger partial charge in [0.05, 0.1) is 17.9 Å². The van der Waals surface area contributed by atoms with Crippen molar-refractivity contribution < 1.29 is 0 Å².